The van der Waals surface area contributed by atoms with E-state index in [2.05, 4.69) is 14.5 Å². The van der Waals surface area contributed by atoms with E-state index in [0.29, 0.717) is 0 Å². The second-order valence-corrected chi connectivity index (χ2v) is 4.16. The minimum Gasteiger partial charge on any atom is -0.298 e. The molecule has 0 saturated heterocycles. The van der Waals surface area contributed by atoms with E-state index < -0.39 is 0 Å². The van der Waals surface area contributed by atoms with Crippen molar-refractivity contribution >= 4 is 16.7 Å². The number of fused-ring (bicyclic) bond motifs is 3. The first-order valence-electron chi connectivity index (χ1n) is 5.79. The molecule has 0 spiro atoms. The molecule has 86 valence electrons. The first-order chi connectivity index (χ1) is 8.93. The van der Waals surface area contributed by atoms with Crippen LogP contribution in [0.25, 0.3) is 22.4 Å². The topological polar surface area (TPSA) is 35.1 Å². The SMILES string of the molecule is c1ccc(-n2ncc3ncc4cccn4c32)cc1. The number of hydrogen-bond donors (Lipinski definition) is 0. The molecule has 4 aromatic rings. The van der Waals surface area contributed by atoms with Gasteiger partial charge in [-0.25, -0.2) is 9.67 Å². The van der Waals surface area contributed by atoms with Crippen LogP contribution in [-0.2, 0) is 0 Å². The van der Waals surface area contributed by atoms with Gasteiger partial charge in [-0.05, 0) is 24.3 Å². The molecule has 0 saturated carbocycles. The number of rotatable bonds is 1. The molecular formula is C14H10N4. The fourth-order valence-electron chi connectivity index (χ4n) is 2.24. The third-order valence-electron chi connectivity index (χ3n) is 3.07. The second-order valence-electron chi connectivity index (χ2n) is 4.16. The number of aromatic nitrogens is 4. The highest BCUT2D eigenvalue weighted by Crippen LogP contribution is 2.18. The van der Waals surface area contributed by atoms with Crippen molar-refractivity contribution in [3.63, 3.8) is 0 Å². The van der Waals surface area contributed by atoms with Gasteiger partial charge < -0.3 is 0 Å². The van der Waals surface area contributed by atoms with Crippen LogP contribution in [-0.4, -0.2) is 19.2 Å². The lowest BCUT2D eigenvalue weighted by Crippen LogP contribution is -1.99. The van der Waals surface area contributed by atoms with E-state index in [1.165, 1.54) is 0 Å². The Balaban J connectivity index is 2.15. The molecule has 0 fully saturated rings. The monoisotopic (exact) mass is 234 g/mol. The van der Waals surface area contributed by atoms with E-state index in [1.54, 1.807) is 6.20 Å². The summed E-state index contributed by atoms with van der Waals surface area (Å²) in [5.41, 5.74) is 3.99. The van der Waals surface area contributed by atoms with E-state index in [0.717, 1.165) is 22.4 Å². The predicted molar refractivity (Wildman–Crippen MR) is 69.8 cm³/mol. The maximum atomic E-state index is 4.43. The fourth-order valence-corrected chi connectivity index (χ4v) is 2.24. The summed E-state index contributed by atoms with van der Waals surface area (Å²) in [6, 6.07) is 14.1. The smallest absolute Gasteiger partial charge is 0.166 e. The maximum Gasteiger partial charge on any atom is 0.166 e. The summed E-state index contributed by atoms with van der Waals surface area (Å²) in [6.07, 6.45) is 5.68. The van der Waals surface area contributed by atoms with Gasteiger partial charge in [-0.3, -0.25) is 4.40 Å². The average molecular weight is 234 g/mol. The maximum absolute atomic E-state index is 4.43. The second kappa shape index (κ2) is 3.43. The molecule has 0 unspecified atom stereocenters. The summed E-state index contributed by atoms with van der Waals surface area (Å²) in [5.74, 6) is 0. The normalized spacial score (nSPS) is 11.3. The Bertz CT molecular complexity index is 827. The van der Waals surface area contributed by atoms with Crippen LogP contribution in [0.3, 0.4) is 0 Å². The first kappa shape index (κ1) is 9.41. The summed E-state index contributed by atoms with van der Waals surface area (Å²) in [5, 5.41) is 4.43. The Kier molecular flexibility index (Phi) is 1.80. The standard InChI is InChI=1S/C14H10N4/c1-2-5-11(6-3-1)18-14-13(10-16-18)15-9-12-7-4-8-17(12)14/h1-10H. The Morgan fingerprint density at radius 2 is 1.78 bits per heavy atom. The lowest BCUT2D eigenvalue weighted by atomic mass is 10.3. The Hall–Kier alpha value is -2.62. The highest BCUT2D eigenvalue weighted by atomic mass is 15.3. The van der Waals surface area contributed by atoms with E-state index >= 15 is 0 Å². The molecule has 0 aliphatic heterocycles. The Morgan fingerprint density at radius 3 is 2.67 bits per heavy atom. The highest BCUT2D eigenvalue weighted by Gasteiger charge is 2.08. The molecule has 0 aliphatic carbocycles. The van der Waals surface area contributed by atoms with Crippen molar-refractivity contribution in [2.24, 2.45) is 0 Å². The quantitative estimate of drug-likeness (QED) is 0.507. The van der Waals surface area contributed by atoms with Crippen LogP contribution in [0.1, 0.15) is 0 Å². The van der Waals surface area contributed by atoms with E-state index in [4.69, 9.17) is 0 Å². The zero-order chi connectivity index (χ0) is 11.9. The van der Waals surface area contributed by atoms with Crippen molar-refractivity contribution in [2.45, 2.75) is 0 Å². The minimum absolute atomic E-state index is 0.891. The third kappa shape index (κ3) is 1.20. The van der Waals surface area contributed by atoms with Crippen LogP contribution in [0.5, 0.6) is 0 Å². The van der Waals surface area contributed by atoms with Crippen LogP contribution in [0.15, 0.2) is 61.1 Å². The van der Waals surface area contributed by atoms with Crippen LogP contribution in [0.2, 0.25) is 0 Å². The van der Waals surface area contributed by atoms with Crippen molar-refractivity contribution < 1.29 is 0 Å². The Morgan fingerprint density at radius 1 is 0.889 bits per heavy atom. The lowest BCUT2D eigenvalue weighted by Gasteiger charge is -2.04. The van der Waals surface area contributed by atoms with E-state index in [9.17, 15) is 0 Å². The minimum atomic E-state index is 0.891. The molecule has 18 heavy (non-hydrogen) atoms. The molecule has 0 N–H and O–H groups in total. The molecule has 0 bridgehead atoms. The van der Waals surface area contributed by atoms with Gasteiger partial charge in [0.2, 0.25) is 0 Å². The van der Waals surface area contributed by atoms with Gasteiger partial charge in [0.1, 0.15) is 5.52 Å². The molecule has 4 nitrogen and oxygen atoms in total. The summed E-state index contributed by atoms with van der Waals surface area (Å²) in [6.45, 7) is 0. The zero-order valence-corrected chi connectivity index (χ0v) is 9.56. The lowest BCUT2D eigenvalue weighted by molar-refractivity contribution is 0.888. The molecular weight excluding hydrogens is 224 g/mol. The summed E-state index contributed by atoms with van der Waals surface area (Å²) in [7, 11) is 0. The van der Waals surface area contributed by atoms with Crippen molar-refractivity contribution in [3.8, 4) is 5.69 Å². The number of para-hydroxylation sites is 1. The van der Waals surface area contributed by atoms with Gasteiger partial charge in [0.15, 0.2) is 5.65 Å². The summed E-state index contributed by atoms with van der Waals surface area (Å²) in [4.78, 5) is 4.42. The number of benzene rings is 1. The molecule has 0 amide bonds. The number of nitrogens with zero attached hydrogens (tertiary/aromatic N) is 4. The average Bonchev–Trinajstić information content (AvgIpc) is 3.05. The van der Waals surface area contributed by atoms with Gasteiger partial charge in [0.05, 0.1) is 23.6 Å². The van der Waals surface area contributed by atoms with Gasteiger partial charge in [0.25, 0.3) is 0 Å². The van der Waals surface area contributed by atoms with E-state index in [-0.39, 0.29) is 0 Å². The fraction of sp³-hybridized carbons (Fsp3) is 0. The van der Waals surface area contributed by atoms with Crippen molar-refractivity contribution in [3.05, 3.63) is 61.1 Å². The van der Waals surface area contributed by atoms with Gasteiger partial charge in [-0.15, -0.1) is 0 Å². The molecule has 0 atom stereocenters. The van der Waals surface area contributed by atoms with Crippen molar-refractivity contribution in [1.82, 2.24) is 19.2 Å². The van der Waals surface area contributed by atoms with Crippen LogP contribution in [0, 0.1) is 0 Å². The molecule has 0 radical (unpaired) electrons. The van der Waals surface area contributed by atoms with Gasteiger partial charge in [-0.2, -0.15) is 5.10 Å². The summed E-state index contributed by atoms with van der Waals surface area (Å²) >= 11 is 0. The first-order valence-corrected chi connectivity index (χ1v) is 5.79. The van der Waals surface area contributed by atoms with Crippen LogP contribution < -0.4 is 0 Å². The van der Waals surface area contributed by atoms with Crippen molar-refractivity contribution in [2.75, 3.05) is 0 Å². The van der Waals surface area contributed by atoms with E-state index in [1.807, 2.05) is 59.5 Å². The highest BCUT2D eigenvalue weighted by molar-refractivity contribution is 5.76. The van der Waals surface area contributed by atoms with Gasteiger partial charge in [0, 0.05) is 6.20 Å². The van der Waals surface area contributed by atoms with Crippen molar-refractivity contribution in [1.29, 1.82) is 0 Å². The molecule has 1 aromatic carbocycles. The largest absolute Gasteiger partial charge is 0.298 e. The molecule has 4 rings (SSSR count). The predicted octanol–water partition coefficient (Wildman–Crippen LogP) is 2.67. The molecule has 4 heteroatoms. The van der Waals surface area contributed by atoms with Crippen LogP contribution in [0.4, 0.5) is 0 Å². The van der Waals surface area contributed by atoms with Crippen LogP contribution >= 0.6 is 0 Å². The Labute approximate surface area is 103 Å². The molecule has 3 heterocycles. The number of hydrogen-bond acceptors (Lipinski definition) is 2. The summed E-state index contributed by atoms with van der Waals surface area (Å²) < 4.78 is 4.01. The molecule has 3 aromatic heterocycles. The van der Waals surface area contributed by atoms with Gasteiger partial charge >= 0.3 is 0 Å². The zero-order valence-electron chi connectivity index (χ0n) is 9.56. The van der Waals surface area contributed by atoms with Gasteiger partial charge in [-0.1, -0.05) is 18.2 Å². The molecule has 0 aliphatic rings. The third-order valence-corrected chi connectivity index (χ3v) is 3.07.